The van der Waals surface area contributed by atoms with E-state index in [4.69, 9.17) is 4.74 Å². The highest BCUT2D eigenvalue weighted by molar-refractivity contribution is 5.96. The summed E-state index contributed by atoms with van der Waals surface area (Å²) in [6.45, 7) is 4.30. The molecule has 2 aliphatic heterocycles. The number of fused-ring (bicyclic) bond motifs is 2. The molecule has 8 nitrogen and oxygen atoms in total. The number of likely N-dealkylation sites (N-methyl/N-ethyl adjacent to an activating group) is 1. The van der Waals surface area contributed by atoms with E-state index in [1.54, 1.807) is 25.6 Å². The van der Waals surface area contributed by atoms with Gasteiger partial charge in [0.1, 0.15) is 0 Å². The lowest BCUT2D eigenvalue weighted by molar-refractivity contribution is 0.0767. The second-order valence-corrected chi connectivity index (χ2v) is 8.84. The Bertz CT molecular complexity index is 1170. The van der Waals surface area contributed by atoms with E-state index in [1.807, 2.05) is 37.3 Å². The van der Waals surface area contributed by atoms with Crippen LogP contribution < -0.4 is 4.90 Å². The van der Waals surface area contributed by atoms with Gasteiger partial charge in [0.25, 0.3) is 5.91 Å². The van der Waals surface area contributed by atoms with E-state index in [2.05, 4.69) is 19.9 Å². The first kappa shape index (κ1) is 21.5. The molecule has 5 rings (SSSR count). The molecule has 1 atom stereocenters. The van der Waals surface area contributed by atoms with Gasteiger partial charge in [0.2, 0.25) is 5.95 Å². The monoisotopic (exact) mass is 445 g/mol. The van der Waals surface area contributed by atoms with Crippen LogP contribution in [-0.2, 0) is 10.2 Å². The van der Waals surface area contributed by atoms with Crippen molar-refractivity contribution in [3.05, 3.63) is 65.6 Å². The van der Waals surface area contributed by atoms with Crippen molar-refractivity contribution >= 4 is 17.5 Å². The molecule has 33 heavy (non-hydrogen) atoms. The van der Waals surface area contributed by atoms with Gasteiger partial charge in [0, 0.05) is 67.6 Å². The number of aryl methyl sites for hydroxylation is 1. The Hall–Kier alpha value is -3.36. The molecule has 1 N–H and O–H groups in total. The molecular formula is C25H27N5O3. The quantitative estimate of drug-likeness (QED) is 0.646. The van der Waals surface area contributed by atoms with E-state index in [1.165, 1.54) is 4.90 Å². The second-order valence-electron chi connectivity index (χ2n) is 8.84. The number of rotatable bonds is 5. The molecule has 0 aliphatic carbocycles. The van der Waals surface area contributed by atoms with Gasteiger partial charge in [0.05, 0.1) is 18.9 Å². The number of carbonyl (C=O) groups excluding carboxylic acids is 1. The molecule has 2 aromatic heterocycles. The third kappa shape index (κ3) is 3.85. The Morgan fingerprint density at radius 1 is 1.21 bits per heavy atom. The fourth-order valence-electron chi connectivity index (χ4n) is 4.69. The first-order valence-corrected chi connectivity index (χ1v) is 11.1. The molecule has 1 spiro atoms. The predicted octanol–water partition coefficient (Wildman–Crippen LogP) is 2.72. The number of ether oxygens (including phenoxy) is 1. The number of hydrogen-bond donors (Lipinski definition) is 1. The molecule has 8 heteroatoms. The van der Waals surface area contributed by atoms with E-state index < -0.39 is 0 Å². The van der Waals surface area contributed by atoms with E-state index in [0.717, 1.165) is 34.5 Å². The van der Waals surface area contributed by atoms with Crippen LogP contribution in [0.5, 0.6) is 0 Å². The Morgan fingerprint density at radius 2 is 2.03 bits per heavy atom. The van der Waals surface area contributed by atoms with E-state index in [0.29, 0.717) is 31.3 Å². The van der Waals surface area contributed by atoms with Crippen LogP contribution in [0.2, 0.25) is 0 Å². The Balaban J connectivity index is 1.51. The topological polar surface area (TPSA) is 91.7 Å². The SMILES string of the molecule is Cc1ccnc(-c2cnc(N3CC4(CCOC4)c4ccc(C(=O)N(C)CCO)cc43)nc2)c1. The summed E-state index contributed by atoms with van der Waals surface area (Å²) >= 11 is 0. The summed E-state index contributed by atoms with van der Waals surface area (Å²) in [4.78, 5) is 30.2. The van der Waals surface area contributed by atoms with Gasteiger partial charge in [-0.25, -0.2) is 9.97 Å². The fourth-order valence-corrected chi connectivity index (χ4v) is 4.69. The number of aromatic nitrogens is 3. The highest BCUT2D eigenvalue weighted by Crippen LogP contribution is 2.48. The number of nitrogens with zero attached hydrogens (tertiary/aromatic N) is 5. The summed E-state index contributed by atoms with van der Waals surface area (Å²) in [6, 6.07) is 9.79. The van der Waals surface area contributed by atoms with Gasteiger partial charge < -0.3 is 19.6 Å². The van der Waals surface area contributed by atoms with Crippen LogP contribution in [0.1, 0.15) is 27.9 Å². The molecule has 0 saturated carbocycles. The Morgan fingerprint density at radius 3 is 2.73 bits per heavy atom. The zero-order valence-corrected chi connectivity index (χ0v) is 18.9. The van der Waals surface area contributed by atoms with Crippen LogP contribution in [0.4, 0.5) is 11.6 Å². The van der Waals surface area contributed by atoms with E-state index in [-0.39, 0.29) is 24.5 Å². The average molecular weight is 446 g/mol. The van der Waals surface area contributed by atoms with Gasteiger partial charge in [-0.3, -0.25) is 9.78 Å². The van der Waals surface area contributed by atoms with Crippen molar-refractivity contribution in [1.82, 2.24) is 19.9 Å². The minimum Gasteiger partial charge on any atom is -0.395 e. The molecular weight excluding hydrogens is 418 g/mol. The highest BCUT2D eigenvalue weighted by Gasteiger charge is 2.46. The summed E-state index contributed by atoms with van der Waals surface area (Å²) in [5, 5.41) is 9.20. The van der Waals surface area contributed by atoms with Crippen molar-refractivity contribution in [3.63, 3.8) is 0 Å². The Kier molecular flexibility index (Phi) is 5.55. The molecule has 1 fully saturated rings. The van der Waals surface area contributed by atoms with Crippen LogP contribution in [-0.4, -0.2) is 70.8 Å². The van der Waals surface area contributed by atoms with Crippen LogP contribution in [0.15, 0.2) is 48.9 Å². The van der Waals surface area contributed by atoms with Crippen LogP contribution in [0, 0.1) is 6.92 Å². The summed E-state index contributed by atoms with van der Waals surface area (Å²) in [6.07, 6.45) is 6.29. The largest absolute Gasteiger partial charge is 0.395 e. The number of amides is 1. The second kappa shape index (κ2) is 8.53. The van der Waals surface area contributed by atoms with Crippen LogP contribution in [0.25, 0.3) is 11.3 Å². The number of benzene rings is 1. The predicted molar refractivity (Wildman–Crippen MR) is 125 cm³/mol. The summed E-state index contributed by atoms with van der Waals surface area (Å²) < 4.78 is 5.78. The standard InChI is InChI=1S/C25H27N5O3/c1-17-5-7-26-21(11-17)19-13-27-24(28-14-19)30-15-25(6-10-33-16-25)20-4-3-18(12-22(20)30)23(32)29(2)8-9-31/h3-5,7,11-14,31H,6,8-10,15-16H2,1-2H3. The zero-order chi connectivity index (χ0) is 23.0. The van der Waals surface area contributed by atoms with Gasteiger partial charge in [-0.1, -0.05) is 6.07 Å². The lowest BCUT2D eigenvalue weighted by Crippen LogP contribution is -2.32. The first-order valence-electron chi connectivity index (χ1n) is 11.1. The normalized spacial score (nSPS) is 19.2. The third-order valence-electron chi connectivity index (χ3n) is 6.54. The van der Waals surface area contributed by atoms with Gasteiger partial charge in [0.15, 0.2) is 0 Å². The number of aliphatic hydroxyl groups is 1. The van der Waals surface area contributed by atoms with E-state index >= 15 is 0 Å². The first-order chi connectivity index (χ1) is 16.0. The van der Waals surface area contributed by atoms with Crippen LogP contribution >= 0.6 is 0 Å². The minimum atomic E-state index is -0.131. The number of carbonyl (C=O) groups is 1. The maximum absolute atomic E-state index is 12.9. The molecule has 1 aromatic carbocycles. The van der Waals surface area contributed by atoms with Gasteiger partial charge in [-0.15, -0.1) is 0 Å². The molecule has 170 valence electrons. The summed E-state index contributed by atoms with van der Waals surface area (Å²) in [7, 11) is 1.69. The number of hydrogen-bond acceptors (Lipinski definition) is 7. The van der Waals surface area contributed by atoms with Gasteiger partial charge in [-0.05, 0) is 48.7 Å². The van der Waals surface area contributed by atoms with Crippen LogP contribution in [0.3, 0.4) is 0 Å². The lowest BCUT2D eigenvalue weighted by Gasteiger charge is -2.23. The molecule has 0 radical (unpaired) electrons. The number of pyridine rings is 1. The molecule has 0 bridgehead atoms. The minimum absolute atomic E-state index is 0.0737. The highest BCUT2D eigenvalue weighted by atomic mass is 16.5. The van der Waals surface area contributed by atoms with Gasteiger partial charge >= 0.3 is 0 Å². The molecule has 2 aliphatic rings. The maximum atomic E-state index is 12.9. The van der Waals surface area contributed by atoms with Crippen molar-refractivity contribution in [1.29, 1.82) is 0 Å². The van der Waals surface area contributed by atoms with Crippen molar-refractivity contribution in [3.8, 4) is 11.3 Å². The average Bonchev–Trinajstić information content (AvgIpc) is 3.44. The van der Waals surface area contributed by atoms with Crippen molar-refractivity contribution in [2.45, 2.75) is 18.8 Å². The van der Waals surface area contributed by atoms with Crippen molar-refractivity contribution < 1.29 is 14.6 Å². The molecule has 1 unspecified atom stereocenters. The molecule has 4 heterocycles. The smallest absolute Gasteiger partial charge is 0.253 e. The third-order valence-corrected chi connectivity index (χ3v) is 6.54. The number of anilines is 2. The van der Waals surface area contributed by atoms with Crippen molar-refractivity contribution in [2.75, 3.05) is 44.9 Å². The van der Waals surface area contributed by atoms with E-state index in [9.17, 15) is 9.90 Å². The lowest BCUT2D eigenvalue weighted by atomic mass is 9.81. The number of aliphatic hydroxyl groups excluding tert-OH is 1. The zero-order valence-electron chi connectivity index (χ0n) is 18.9. The summed E-state index contributed by atoms with van der Waals surface area (Å²) in [5.74, 6) is 0.460. The fraction of sp³-hybridized carbons (Fsp3) is 0.360. The maximum Gasteiger partial charge on any atom is 0.253 e. The molecule has 1 amide bonds. The Labute approximate surface area is 192 Å². The van der Waals surface area contributed by atoms with Gasteiger partial charge in [-0.2, -0.15) is 0 Å². The molecule has 3 aromatic rings. The van der Waals surface area contributed by atoms with Crippen molar-refractivity contribution in [2.24, 2.45) is 0 Å². The summed E-state index contributed by atoms with van der Waals surface area (Å²) in [5.41, 5.74) is 5.36. The molecule has 1 saturated heterocycles.